The Labute approximate surface area is 180 Å². The van der Waals surface area contributed by atoms with E-state index in [1.54, 1.807) is 6.92 Å². The Morgan fingerprint density at radius 3 is 2.25 bits per heavy atom. The number of pyridine rings is 1. The quantitative estimate of drug-likeness (QED) is 0.467. The smallest absolute Gasteiger partial charge is 0.419 e. The number of aryl methyl sites for hydroxylation is 2. The SMILES string of the molecule is COc1ccc(NC(=O)c2cc(F)c(C(F)(F)F)cc2Nc2ccc(F)cc2C)c(C)n1. The molecular formula is C22H18F5N3O2. The van der Waals surface area contributed by atoms with Crippen LogP contribution in [-0.2, 0) is 6.18 Å². The van der Waals surface area contributed by atoms with Gasteiger partial charge in [0.2, 0.25) is 5.88 Å². The third kappa shape index (κ3) is 4.96. The second kappa shape index (κ2) is 8.81. The van der Waals surface area contributed by atoms with Gasteiger partial charge in [-0.3, -0.25) is 4.79 Å². The predicted octanol–water partition coefficient (Wildman–Crippen LogP) is 6.00. The van der Waals surface area contributed by atoms with Crippen LogP contribution in [0.2, 0.25) is 0 Å². The van der Waals surface area contributed by atoms with Gasteiger partial charge in [-0.05, 0) is 55.8 Å². The summed E-state index contributed by atoms with van der Waals surface area (Å²) in [6, 6.07) is 7.57. The van der Waals surface area contributed by atoms with E-state index in [0.717, 1.165) is 6.07 Å². The minimum Gasteiger partial charge on any atom is -0.481 e. The summed E-state index contributed by atoms with van der Waals surface area (Å²) in [7, 11) is 1.42. The van der Waals surface area contributed by atoms with Crippen LogP contribution in [0.3, 0.4) is 0 Å². The van der Waals surface area contributed by atoms with Gasteiger partial charge in [0, 0.05) is 11.8 Å². The van der Waals surface area contributed by atoms with E-state index in [4.69, 9.17) is 4.74 Å². The van der Waals surface area contributed by atoms with Crippen LogP contribution >= 0.6 is 0 Å². The number of carbonyl (C=O) groups is 1. The van der Waals surface area contributed by atoms with Crippen molar-refractivity contribution in [3.05, 3.63) is 76.5 Å². The first-order valence-corrected chi connectivity index (χ1v) is 9.26. The van der Waals surface area contributed by atoms with Crippen molar-refractivity contribution in [2.75, 3.05) is 17.7 Å². The van der Waals surface area contributed by atoms with Gasteiger partial charge in [0.1, 0.15) is 11.6 Å². The Bertz CT molecular complexity index is 1180. The van der Waals surface area contributed by atoms with Gasteiger partial charge >= 0.3 is 6.18 Å². The summed E-state index contributed by atoms with van der Waals surface area (Å²) in [4.78, 5) is 17.0. The van der Waals surface area contributed by atoms with E-state index < -0.39 is 29.3 Å². The summed E-state index contributed by atoms with van der Waals surface area (Å²) < 4.78 is 72.4. The second-order valence-corrected chi connectivity index (χ2v) is 6.90. The van der Waals surface area contributed by atoms with Gasteiger partial charge in [0.25, 0.3) is 5.91 Å². The molecule has 0 aliphatic heterocycles. The van der Waals surface area contributed by atoms with E-state index in [1.165, 1.54) is 38.3 Å². The number of amides is 1. The summed E-state index contributed by atoms with van der Waals surface area (Å²) in [5, 5.41) is 5.19. The van der Waals surface area contributed by atoms with Gasteiger partial charge in [-0.25, -0.2) is 13.8 Å². The molecule has 32 heavy (non-hydrogen) atoms. The highest BCUT2D eigenvalue weighted by atomic mass is 19.4. The Balaban J connectivity index is 2.05. The van der Waals surface area contributed by atoms with E-state index in [2.05, 4.69) is 15.6 Å². The van der Waals surface area contributed by atoms with E-state index in [0.29, 0.717) is 29.3 Å². The van der Waals surface area contributed by atoms with E-state index >= 15 is 0 Å². The third-order valence-corrected chi connectivity index (χ3v) is 4.63. The van der Waals surface area contributed by atoms with Gasteiger partial charge in [-0.2, -0.15) is 13.2 Å². The van der Waals surface area contributed by atoms with Crippen molar-refractivity contribution in [3.8, 4) is 5.88 Å². The van der Waals surface area contributed by atoms with E-state index in [1.807, 2.05) is 0 Å². The lowest BCUT2D eigenvalue weighted by molar-refractivity contribution is -0.139. The largest absolute Gasteiger partial charge is 0.481 e. The Hall–Kier alpha value is -3.69. The molecule has 1 amide bonds. The van der Waals surface area contributed by atoms with Crippen molar-refractivity contribution < 1.29 is 31.5 Å². The highest BCUT2D eigenvalue weighted by Crippen LogP contribution is 2.36. The topological polar surface area (TPSA) is 63.2 Å². The van der Waals surface area contributed by atoms with Crippen molar-refractivity contribution in [2.45, 2.75) is 20.0 Å². The number of nitrogens with one attached hydrogen (secondary N) is 2. The highest BCUT2D eigenvalue weighted by Gasteiger charge is 2.35. The molecule has 1 aromatic heterocycles. The van der Waals surface area contributed by atoms with Crippen LogP contribution < -0.4 is 15.4 Å². The Kier molecular flexibility index (Phi) is 6.33. The molecule has 0 aliphatic carbocycles. The number of carbonyl (C=O) groups excluding carboxylic acids is 1. The molecule has 0 fully saturated rings. The molecule has 0 unspecified atom stereocenters. The third-order valence-electron chi connectivity index (χ3n) is 4.63. The van der Waals surface area contributed by atoms with Gasteiger partial charge in [-0.15, -0.1) is 0 Å². The summed E-state index contributed by atoms with van der Waals surface area (Å²) in [6.45, 7) is 3.12. The monoisotopic (exact) mass is 451 g/mol. The minimum atomic E-state index is -4.98. The molecule has 10 heteroatoms. The van der Waals surface area contributed by atoms with Crippen molar-refractivity contribution in [3.63, 3.8) is 0 Å². The van der Waals surface area contributed by atoms with Gasteiger partial charge in [0.15, 0.2) is 0 Å². The molecule has 0 aliphatic rings. The number of ether oxygens (including phenoxy) is 1. The van der Waals surface area contributed by atoms with Crippen LogP contribution in [0.25, 0.3) is 0 Å². The summed E-state index contributed by atoms with van der Waals surface area (Å²) in [6.07, 6.45) is -4.98. The number of benzene rings is 2. The number of anilines is 3. The predicted molar refractivity (Wildman–Crippen MR) is 109 cm³/mol. The molecular weight excluding hydrogens is 433 g/mol. The average molecular weight is 451 g/mol. The summed E-state index contributed by atoms with van der Waals surface area (Å²) >= 11 is 0. The van der Waals surface area contributed by atoms with Crippen molar-refractivity contribution in [1.29, 1.82) is 0 Å². The molecule has 3 aromatic rings. The standard InChI is InChI=1S/C22H18F5N3O2/c1-11-8-13(23)4-5-17(11)29-19-10-15(22(25,26)27)16(24)9-14(19)21(31)30-18-6-7-20(32-3)28-12(18)2/h4-10,29H,1-3H3,(H,30,31). The number of hydrogen-bond donors (Lipinski definition) is 2. The van der Waals surface area contributed by atoms with Crippen LogP contribution in [0.5, 0.6) is 5.88 Å². The molecule has 0 saturated carbocycles. The van der Waals surface area contributed by atoms with Gasteiger partial charge in [0.05, 0.1) is 35.3 Å². The number of methoxy groups -OCH3 is 1. The maximum Gasteiger partial charge on any atom is 0.419 e. The molecule has 0 radical (unpaired) electrons. The fourth-order valence-corrected chi connectivity index (χ4v) is 2.97. The molecule has 0 spiro atoms. The van der Waals surface area contributed by atoms with Crippen LogP contribution in [0.1, 0.15) is 27.2 Å². The number of alkyl halides is 3. The summed E-state index contributed by atoms with van der Waals surface area (Å²) in [5.41, 5.74) is -0.945. The number of aromatic nitrogens is 1. The highest BCUT2D eigenvalue weighted by molar-refractivity contribution is 6.08. The van der Waals surface area contributed by atoms with Gasteiger partial charge < -0.3 is 15.4 Å². The fourth-order valence-electron chi connectivity index (χ4n) is 2.97. The molecule has 168 valence electrons. The van der Waals surface area contributed by atoms with Crippen LogP contribution in [0.15, 0.2) is 42.5 Å². The molecule has 5 nitrogen and oxygen atoms in total. The minimum absolute atomic E-state index is 0.252. The molecule has 2 aromatic carbocycles. The molecule has 0 bridgehead atoms. The van der Waals surface area contributed by atoms with Crippen molar-refractivity contribution in [1.82, 2.24) is 4.98 Å². The van der Waals surface area contributed by atoms with E-state index in [9.17, 15) is 26.7 Å². The number of hydrogen-bond acceptors (Lipinski definition) is 4. The van der Waals surface area contributed by atoms with Gasteiger partial charge in [-0.1, -0.05) is 0 Å². The van der Waals surface area contributed by atoms with Crippen LogP contribution in [0, 0.1) is 25.5 Å². The normalized spacial score (nSPS) is 11.2. The number of rotatable bonds is 5. The van der Waals surface area contributed by atoms with Crippen molar-refractivity contribution >= 4 is 23.0 Å². The second-order valence-electron chi connectivity index (χ2n) is 6.90. The Morgan fingerprint density at radius 1 is 0.969 bits per heavy atom. The van der Waals surface area contributed by atoms with Crippen molar-refractivity contribution in [2.24, 2.45) is 0 Å². The number of nitrogens with zero attached hydrogens (tertiary/aromatic N) is 1. The molecule has 0 saturated heterocycles. The van der Waals surface area contributed by atoms with Crippen LogP contribution in [0.4, 0.5) is 39.0 Å². The summed E-state index contributed by atoms with van der Waals surface area (Å²) in [5.74, 6) is -2.71. The average Bonchev–Trinajstić information content (AvgIpc) is 2.71. The first kappa shape index (κ1) is 23.0. The maximum absolute atomic E-state index is 14.3. The first-order valence-electron chi connectivity index (χ1n) is 9.26. The molecule has 1 heterocycles. The molecule has 2 N–H and O–H groups in total. The fraction of sp³-hybridized carbons (Fsp3) is 0.182. The Morgan fingerprint density at radius 2 is 1.66 bits per heavy atom. The number of halogens is 5. The van der Waals surface area contributed by atoms with Crippen LogP contribution in [-0.4, -0.2) is 18.0 Å². The lowest BCUT2D eigenvalue weighted by Crippen LogP contribution is -2.18. The first-order chi connectivity index (χ1) is 15.0. The molecule has 0 atom stereocenters. The maximum atomic E-state index is 14.3. The lowest BCUT2D eigenvalue weighted by Gasteiger charge is -2.18. The van der Waals surface area contributed by atoms with E-state index in [-0.39, 0.29) is 22.6 Å². The zero-order valence-corrected chi connectivity index (χ0v) is 17.2. The molecule has 3 rings (SSSR count). The lowest BCUT2D eigenvalue weighted by atomic mass is 10.1. The zero-order valence-electron chi connectivity index (χ0n) is 17.2. The zero-order chi connectivity index (χ0) is 23.6.